The molecule has 1 unspecified atom stereocenters. The molecule has 0 bridgehead atoms. The molecule has 0 radical (unpaired) electrons. The zero-order chi connectivity index (χ0) is 19.5. The van der Waals surface area contributed by atoms with Gasteiger partial charge in [-0.25, -0.2) is 4.79 Å². The van der Waals surface area contributed by atoms with Gasteiger partial charge in [-0.1, -0.05) is 42.5 Å². The molecule has 4 heteroatoms. The van der Waals surface area contributed by atoms with Gasteiger partial charge in [0.15, 0.2) is 0 Å². The second kappa shape index (κ2) is 7.67. The Labute approximate surface area is 164 Å². The lowest BCUT2D eigenvalue weighted by atomic mass is 9.93. The second-order valence-electron chi connectivity index (χ2n) is 6.95. The van der Waals surface area contributed by atoms with Crippen LogP contribution in [0.15, 0.2) is 66.7 Å². The Morgan fingerprint density at radius 1 is 1.11 bits per heavy atom. The van der Waals surface area contributed by atoms with E-state index in [4.69, 9.17) is 4.74 Å². The molecule has 1 atom stereocenters. The van der Waals surface area contributed by atoms with Gasteiger partial charge in [0.05, 0.1) is 17.2 Å². The van der Waals surface area contributed by atoms with E-state index in [2.05, 4.69) is 17.5 Å². The van der Waals surface area contributed by atoms with Crippen molar-refractivity contribution in [2.45, 2.75) is 19.6 Å². The van der Waals surface area contributed by atoms with Crippen LogP contribution < -0.4 is 5.32 Å². The molecule has 0 aliphatic carbocycles. The summed E-state index contributed by atoms with van der Waals surface area (Å²) in [5.41, 5.74) is 6.30. The van der Waals surface area contributed by atoms with Crippen molar-refractivity contribution in [3.63, 3.8) is 0 Å². The number of carbonyl (C=O) groups is 1. The third-order valence-corrected chi connectivity index (χ3v) is 5.02. The van der Waals surface area contributed by atoms with Gasteiger partial charge in [0.25, 0.3) is 0 Å². The molecular formula is C24H20N2O2. The van der Waals surface area contributed by atoms with Crippen LogP contribution in [-0.2, 0) is 11.3 Å². The Hall–Kier alpha value is -3.42. The summed E-state index contributed by atoms with van der Waals surface area (Å²) in [6.07, 6.45) is 0. The summed E-state index contributed by atoms with van der Waals surface area (Å²) in [4.78, 5) is 12.3. The topological polar surface area (TPSA) is 72.0 Å². The first-order valence-corrected chi connectivity index (χ1v) is 9.25. The molecule has 4 nitrogen and oxygen atoms in total. The van der Waals surface area contributed by atoms with Crippen LogP contribution in [0.4, 0.5) is 0 Å². The molecule has 28 heavy (non-hydrogen) atoms. The molecule has 4 rings (SSSR count). The highest BCUT2D eigenvalue weighted by Gasteiger charge is 2.25. The zero-order valence-electron chi connectivity index (χ0n) is 15.6. The fourth-order valence-electron chi connectivity index (χ4n) is 3.27. The van der Waals surface area contributed by atoms with Gasteiger partial charge < -0.3 is 10.1 Å². The lowest BCUT2D eigenvalue weighted by Gasteiger charge is -2.11. The number of hydrogen-bond donors (Lipinski definition) is 1. The Balaban J connectivity index is 1.52. The van der Waals surface area contributed by atoms with E-state index in [9.17, 15) is 10.1 Å². The molecule has 1 heterocycles. The SMILES string of the molecule is Cc1c(C#N)cc(-c2ccc(C(=O)OCc3ccccc3)cc2)cc1C1CN1. The molecule has 1 saturated heterocycles. The van der Waals surface area contributed by atoms with Crippen molar-refractivity contribution in [3.05, 3.63) is 94.5 Å². The molecule has 1 N–H and O–H groups in total. The molecule has 138 valence electrons. The highest BCUT2D eigenvalue weighted by atomic mass is 16.5. The quantitative estimate of drug-likeness (QED) is 0.530. The Bertz CT molecular complexity index is 1050. The fraction of sp³-hybridized carbons (Fsp3) is 0.167. The molecular weight excluding hydrogens is 348 g/mol. The molecule has 3 aromatic carbocycles. The van der Waals surface area contributed by atoms with E-state index in [-0.39, 0.29) is 12.6 Å². The van der Waals surface area contributed by atoms with Crippen LogP contribution in [-0.4, -0.2) is 12.5 Å². The van der Waals surface area contributed by atoms with Crippen molar-refractivity contribution in [2.24, 2.45) is 0 Å². The number of esters is 1. The summed E-state index contributed by atoms with van der Waals surface area (Å²) < 4.78 is 5.38. The van der Waals surface area contributed by atoms with Crippen LogP contribution in [0, 0.1) is 18.3 Å². The number of nitrogens with one attached hydrogen (secondary N) is 1. The van der Waals surface area contributed by atoms with Crippen LogP contribution in [0.5, 0.6) is 0 Å². The van der Waals surface area contributed by atoms with Gasteiger partial charge in [0, 0.05) is 12.6 Å². The minimum absolute atomic E-state index is 0.253. The highest BCUT2D eigenvalue weighted by molar-refractivity contribution is 5.90. The van der Waals surface area contributed by atoms with Gasteiger partial charge in [-0.3, -0.25) is 0 Å². The maximum Gasteiger partial charge on any atom is 0.338 e. The van der Waals surface area contributed by atoms with Gasteiger partial charge in [0.1, 0.15) is 6.61 Å². The average Bonchev–Trinajstić information content (AvgIpc) is 3.58. The monoisotopic (exact) mass is 368 g/mol. The van der Waals surface area contributed by atoms with Crippen LogP contribution in [0.2, 0.25) is 0 Å². The maximum atomic E-state index is 12.3. The largest absolute Gasteiger partial charge is 0.457 e. The number of rotatable bonds is 5. The Morgan fingerprint density at radius 3 is 2.46 bits per heavy atom. The third kappa shape index (κ3) is 3.80. The van der Waals surface area contributed by atoms with Crippen molar-refractivity contribution < 1.29 is 9.53 Å². The van der Waals surface area contributed by atoms with E-state index < -0.39 is 0 Å². The predicted molar refractivity (Wildman–Crippen MR) is 108 cm³/mol. The van der Waals surface area contributed by atoms with Crippen LogP contribution in [0.25, 0.3) is 11.1 Å². The molecule has 1 aliphatic heterocycles. The maximum absolute atomic E-state index is 12.3. The van der Waals surface area contributed by atoms with Gasteiger partial charge >= 0.3 is 5.97 Å². The van der Waals surface area contributed by atoms with Gasteiger partial charge in [-0.15, -0.1) is 0 Å². The van der Waals surface area contributed by atoms with E-state index in [1.165, 1.54) is 5.56 Å². The lowest BCUT2D eigenvalue weighted by Crippen LogP contribution is -2.05. The van der Waals surface area contributed by atoms with E-state index in [0.29, 0.717) is 17.2 Å². The summed E-state index contributed by atoms with van der Waals surface area (Å²) in [5, 5.41) is 12.8. The van der Waals surface area contributed by atoms with Gasteiger partial charge in [0.2, 0.25) is 0 Å². The van der Waals surface area contributed by atoms with Crippen LogP contribution in [0.3, 0.4) is 0 Å². The first-order valence-electron chi connectivity index (χ1n) is 9.25. The molecule has 0 aromatic heterocycles. The Morgan fingerprint density at radius 2 is 1.82 bits per heavy atom. The molecule has 1 aliphatic rings. The number of ether oxygens (including phenoxy) is 1. The normalized spacial score (nSPS) is 14.9. The minimum Gasteiger partial charge on any atom is -0.457 e. The fourth-order valence-corrected chi connectivity index (χ4v) is 3.27. The van der Waals surface area contributed by atoms with Crippen molar-refractivity contribution >= 4 is 5.97 Å². The first kappa shape index (κ1) is 18.0. The second-order valence-corrected chi connectivity index (χ2v) is 6.95. The van der Waals surface area contributed by atoms with Gasteiger partial charge in [-0.2, -0.15) is 5.26 Å². The van der Waals surface area contributed by atoms with Crippen molar-refractivity contribution in [1.29, 1.82) is 5.26 Å². The summed E-state index contributed by atoms with van der Waals surface area (Å²) >= 11 is 0. The zero-order valence-corrected chi connectivity index (χ0v) is 15.6. The molecule has 3 aromatic rings. The smallest absolute Gasteiger partial charge is 0.338 e. The summed E-state index contributed by atoms with van der Waals surface area (Å²) in [6.45, 7) is 3.19. The Kier molecular flexibility index (Phi) is 4.92. The van der Waals surface area contributed by atoms with E-state index >= 15 is 0 Å². The third-order valence-electron chi connectivity index (χ3n) is 5.02. The number of benzene rings is 3. The van der Waals surface area contributed by atoms with Crippen molar-refractivity contribution in [1.82, 2.24) is 5.32 Å². The summed E-state index contributed by atoms with van der Waals surface area (Å²) in [5.74, 6) is -0.347. The number of hydrogen-bond acceptors (Lipinski definition) is 4. The molecule has 0 amide bonds. The summed E-state index contributed by atoms with van der Waals surface area (Å²) in [6, 6.07) is 23.6. The van der Waals surface area contributed by atoms with E-state index in [0.717, 1.165) is 28.8 Å². The molecule has 1 fully saturated rings. The van der Waals surface area contributed by atoms with Crippen LogP contribution in [0.1, 0.15) is 38.7 Å². The minimum atomic E-state index is -0.347. The first-order chi connectivity index (χ1) is 13.7. The number of nitrogens with zero attached hydrogens (tertiary/aromatic N) is 1. The van der Waals surface area contributed by atoms with E-state index in [1.54, 1.807) is 12.1 Å². The van der Waals surface area contributed by atoms with Crippen LogP contribution >= 0.6 is 0 Å². The summed E-state index contributed by atoms with van der Waals surface area (Å²) in [7, 11) is 0. The van der Waals surface area contributed by atoms with E-state index in [1.807, 2.05) is 55.5 Å². The average molecular weight is 368 g/mol. The van der Waals surface area contributed by atoms with Crippen molar-refractivity contribution in [2.75, 3.05) is 6.54 Å². The van der Waals surface area contributed by atoms with Crippen molar-refractivity contribution in [3.8, 4) is 17.2 Å². The predicted octanol–water partition coefficient (Wildman–Crippen LogP) is 4.54. The molecule has 0 saturated carbocycles. The standard InChI is InChI=1S/C24H20N2O2/c1-16-21(13-25)11-20(12-22(16)23-14-26-23)18-7-9-19(10-8-18)24(27)28-15-17-5-3-2-4-6-17/h2-12,23,26H,14-15H2,1H3. The lowest BCUT2D eigenvalue weighted by molar-refractivity contribution is 0.0473. The highest BCUT2D eigenvalue weighted by Crippen LogP contribution is 2.32. The number of carbonyl (C=O) groups excluding carboxylic acids is 1. The molecule has 0 spiro atoms. The number of nitriles is 1. The van der Waals surface area contributed by atoms with Gasteiger partial charge in [-0.05, 0) is 59.0 Å².